The third-order valence-electron chi connectivity index (χ3n) is 8.31. The highest BCUT2D eigenvalue weighted by Gasteiger charge is 2.51. The highest BCUT2D eigenvalue weighted by Crippen LogP contribution is 2.40. The largest absolute Gasteiger partial charge is 0.405 e. The summed E-state index contributed by atoms with van der Waals surface area (Å²) >= 11 is 0. The number of hydrogen-bond donors (Lipinski definition) is 0. The molecule has 0 bridgehead atoms. The summed E-state index contributed by atoms with van der Waals surface area (Å²) < 4.78 is 7.25. The maximum Gasteiger partial charge on any atom is 0.261 e. The minimum atomic E-state index is -2.61. The fraction of sp³-hybridized carbons (Fsp3) is 0.406. The van der Waals surface area contributed by atoms with E-state index >= 15 is 0 Å². The Labute approximate surface area is 217 Å². The minimum absolute atomic E-state index is 0.0601. The summed E-state index contributed by atoms with van der Waals surface area (Å²) in [4.78, 5) is 16.0. The Kier molecular flexibility index (Phi) is 7.18. The zero-order valence-corrected chi connectivity index (χ0v) is 22.9. The monoisotopic (exact) mass is 497 g/mol. The van der Waals surface area contributed by atoms with Gasteiger partial charge in [-0.05, 0) is 53.1 Å². The third kappa shape index (κ3) is 4.69. The third-order valence-corrected chi connectivity index (χ3v) is 13.3. The van der Waals surface area contributed by atoms with Gasteiger partial charge in [-0.1, -0.05) is 112 Å². The summed E-state index contributed by atoms with van der Waals surface area (Å²) in [6.07, 6.45) is 5.08. The Balaban J connectivity index is 1.42. The molecule has 3 aromatic carbocycles. The van der Waals surface area contributed by atoms with Crippen molar-refractivity contribution in [3.05, 3.63) is 96.6 Å². The number of amides is 1. The van der Waals surface area contributed by atoms with Gasteiger partial charge in [0.1, 0.15) is 0 Å². The van der Waals surface area contributed by atoms with E-state index in [0.29, 0.717) is 18.6 Å². The molecule has 0 aromatic heterocycles. The van der Waals surface area contributed by atoms with Crippen LogP contribution in [0.3, 0.4) is 0 Å². The van der Waals surface area contributed by atoms with Crippen LogP contribution in [0.25, 0.3) is 0 Å². The van der Waals surface area contributed by atoms with Crippen LogP contribution in [0.1, 0.15) is 52.0 Å². The predicted octanol–water partition coefficient (Wildman–Crippen LogP) is 5.58. The molecule has 0 spiro atoms. The number of nitrogens with zero attached hydrogens (tertiary/aromatic N) is 1. The number of carbonyl (C=O) groups is 1. The lowest BCUT2D eigenvalue weighted by atomic mass is 9.87. The van der Waals surface area contributed by atoms with E-state index in [9.17, 15) is 4.79 Å². The van der Waals surface area contributed by atoms with Crippen molar-refractivity contribution in [2.75, 3.05) is 6.61 Å². The number of benzene rings is 3. The summed E-state index contributed by atoms with van der Waals surface area (Å²) in [6, 6.07) is 32.6. The molecular weight excluding hydrogens is 458 g/mol. The van der Waals surface area contributed by atoms with Crippen molar-refractivity contribution in [1.82, 2.24) is 4.90 Å². The fourth-order valence-corrected chi connectivity index (χ4v) is 11.2. The molecule has 3 aromatic rings. The van der Waals surface area contributed by atoms with Crippen LogP contribution >= 0.6 is 0 Å². The normalized spacial score (nSPS) is 22.5. The van der Waals surface area contributed by atoms with Crippen molar-refractivity contribution < 1.29 is 9.22 Å². The zero-order chi connectivity index (χ0) is 25.2. The highest BCUT2D eigenvalue weighted by atomic mass is 28.4. The lowest BCUT2D eigenvalue weighted by molar-refractivity contribution is -0.142. The fourth-order valence-electron chi connectivity index (χ4n) is 6.57. The molecule has 2 aliphatic heterocycles. The van der Waals surface area contributed by atoms with E-state index in [-0.39, 0.29) is 17.0 Å². The van der Waals surface area contributed by atoms with Gasteiger partial charge in [0.25, 0.3) is 8.32 Å². The molecule has 3 nitrogen and oxygen atoms in total. The molecule has 2 fully saturated rings. The van der Waals surface area contributed by atoms with E-state index in [1.54, 1.807) is 0 Å². The topological polar surface area (TPSA) is 29.5 Å². The average molecular weight is 498 g/mol. The van der Waals surface area contributed by atoms with Crippen LogP contribution in [-0.2, 0) is 15.6 Å². The van der Waals surface area contributed by atoms with Gasteiger partial charge in [0.15, 0.2) is 0 Å². The van der Waals surface area contributed by atoms with E-state index in [4.69, 9.17) is 4.43 Å². The second-order valence-electron chi connectivity index (χ2n) is 11.6. The van der Waals surface area contributed by atoms with E-state index in [2.05, 4.69) is 111 Å². The van der Waals surface area contributed by atoms with E-state index < -0.39 is 8.32 Å². The molecule has 0 N–H and O–H groups in total. The van der Waals surface area contributed by atoms with Crippen molar-refractivity contribution in [3.8, 4) is 0 Å². The SMILES string of the molecule is CC(C)(C)[Si](OC[C@@H]1CC[C@H]2CCC(Cc3ccccc3)C(=O)N21)(c1ccccc1)c1ccccc1. The van der Waals surface area contributed by atoms with Crippen molar-refractivity contribution in [1.29, 1.82) is 0 Å². The van der Waals surface area contributed by atoms with E-state index in [1.807, 2.05) is 6.07 Å². The Morgan fingerprint density at radius 1 is 0.778 bits per heavy atom. The Morgan fingerprint density at radius 2 is 1.31 bits per heavy atom. The molecule has 188 valence electrons. The van der Waals surface area contributed by atoms with Gasteiger partial charge in [0.05, 0.1) is 12.6 Å². The number of fused-ring (bicyclic) bond motifs is 1. The van der Waals surface area contributed by atoms with Crippen LogP contribution in [0.4, 0.5) is 0 Å². The van der Waals surface area contributed by atoms with E-state index in [1.165, 1.54) is 15.9 Å². The summed E-state index contributed by atoms with van der Waals surface area (Å²) in [5, 5.41) is 2.53. The zero-order valence-electron chi connectivity index (χ0n) is 21.9. The van der Waals surface area contributed by atoms with Gasteiger partial charge in [-0.2, -0.15) is 0 Å². The van der Waals surface area contributed by atoms with Crippen molar-refractivity contribution in [3.63, 3.8) is 0 Å². The smallest absolute Gasteiger partial charge is 0.261 e. The van der Waals surface area contributed by atoms with Crippen molar-refractivity contribution in [2.24, 2.45) is 5.92 Å². The molecule has 2 saturated heterocycles. The van der Waals surface area contributed by atoms with Gasteiger partial charge in [-0.25, -0.2) is 0 Å². The summed E-state index contributed by atoms with van der Waals surface area (Å²) in [5.74, 6) is 0.417. The summed E-state index contributed by atoms with van der Waals surface area (Å²) in [7, 11) is -2.61. The Bertz CT molecular complexity index is 1100. The van der Waals surface area contributed by atoms with Gasteiger partial charge < -0.3 is 9.33 Å². The molecular formula is C32H39NO2Si. The first kappa shape index (κ1) is 25.0. The highest BCUT2D eigenvalue weighted by molar-refractivity contribution is 6.99. The van der Waals surface area contributed by atoms with Crippen LogP contribution in [-0.4, -0.2) is 37.8 Å². The first-order chi connectivity index (χ1) is 17.4. The van der Waals surface area contributed by atoms with Crippen molar-refractivity contribution in [2.45, 2.75) is 70.0 Å². The molecule has 0 aliphatic carbocycles. The lowest BCUT2D eigenvalue weighted by Crippen LogP contribution is -2.67. The van der Waals surface area contributed by atoms with Crippen molar-refractivity contribution >= 4 is 24.6 Å². The molecule has 0 saturated carbocycles. The molecule has 2 heterocycles. The van der Waals surface area contributed by atoms with Gasteiger partial charge in [0.2, 0.25) is 5.91 Å². The number of carbonyl (C=O) groups excluding carboxylic acids is 1. The standard InChI is InChI=1S/C32H39NO2Si/c1-32(2,3)36(29-15-9-5-10-16-29,30-17-11-6-12-18-30)35-24-28-22-21-27-20-19-26(31(34)33(27)28)23-25-13-7-4-8-14-25/h4-18,26-28H,19-24H2,1-3H3/t26?,27-,28+/m1/s1. The molecule has 3 atom stereocenters. The molecule has 1 amide bonds. The van der Waals surface area contributed by atoms with Crippen LogP contribution < -0.4 is 10.4 Å². The van der Waals surface area contributed by atoms with Crippen LogP contribution in [0.2, 0.25) is 5.04 Å². The van der Waals surface area contributed by atoms with Crippen LogP contribution in [0.15, 0.2) is 91.0 Å². The summed E-state index contributed by atoms with van der Waals surface area (Å²) in [6.45, 7) is 7.56. The molecule has 2 aliphatic rings. The molecule has 4 heteroatoms. The summed E-state index contributed by atoms with van der Waals surface area (Å²) in [5.41, 5.74) is 1.26. The Hall–Kier alpha value is -2.69. The molecule has 5 rings (SSSR count). The quantitative estimate of drug-likeness (QED) is 0.399. The average Bonchev–Trinajstić information content (AvgIpc) is 3.31. The van der Waals surface area contributed by atoms with E-state index in [0.717, 1.165) is 32.1 Å². The first-order valence-electron chi connectivity index (χ1n) is 13.5. The Morgan fingerprint density at radius 3 is 1.86 bits per heavy atom. The lowest BCUT2D eigenvalue weighted by Gasteiger charge is -2.45. The molecule has 36 heavy (non-hydrogen) atoms. The number of rotatable bonds is 7. The van der Waals surface area contributed by atoms with Gasteiger partial charge in [-0.3, -0.25) is 4.79 Å². The minimum Gasteiger partial charge on any atom is -0.405 e. The number of hydrogen-bond acceptors (Lipinski definition) is 2. The first-order valence-corrected chi connectivity index (χ1v) is 15.4. The maximum atomic E-state index is 13.8. The van der Waals surface area contributed by atoms with Gasteiger partial charge >= 0.3 is 0 Å². The number of piperidine rings is 1. The molecule has 0 radical (unpaired) electrons. The molecule has 1 unspecified atom stereocenters. The van der Waals surface area contributed by atoms with Crippen LogP contribution in [0, 0.1) is 5.92 Å². The second kappa shape index (κ2) is 10.4. The van der Waals surface area contributed by atoms with Crippen LogP contribution in [0.5, 0.6) is 0 Å². The van der Waals surface area contributed by atoms with Gasteiger partial charge in [0, 0.05) is 12.0 Å². The maximum absolute atomic E-state index is 13.8. The second-order valence-corrected chi connectivity index (χ2v) is 15.9. The predicted molar refractivity (Wildman–Crippen MR) is 150 cm³/mol. The van der Waals surface area contributed by atoms with Gasteiger partial charge in [-0.15, -0.1) is 0 Å².